The molecule has 2 rings (SSSR count). The highest BCUT2D eigenvalue weighted by molar-refractivity contribution is 5.76. The molecule has 0 saturated heterocycles. The molecule has 2 aromatic rings. The van der Waals surface area contributed by atoms with Crippen molar-refractivity contribution in [3.8, 4) is 0 Å². The Labute approximate surface area is 149 Å². The first-order chi connectivity index (χ1) is 12.0. The Morgan fingerprint density at radius 3 is 2.60 bits per heavy atom. The Morgan fingerprint density at radius 1 is 1.24 bits per heavy atom. The first-order valence-corrected chi connectivity index (χ1v) is 8.80. The summed E-state index contributed by atoms with van der Waals surface area (Å²) >= 11 is 0. The third kappa shape index (κ3) is 5.98. The van der Waals surface area contributed by atoms with E-state index in [9.17, 15) is 4.79 Å². The second kappa shape index (κ2) is 9.32. The lowest BCUT2D eigenvalue weighted by molar-refractivity contribution is -0.121. The van der Waals surface area contributed by atoms with E-state index in [0.717, 1.165) is 12.8 Å². The highest BCUT2D eigenvalue weighted by atomic mass is 16.5. The number of aryl methyl sites for hydroxylation is 3. The molecule has 1 aromatic carbocycles. The van der Waals surface area contributed by atoms with Crippen molar-refractivity contribution >= 4 is 5.91 Å². The normalized spacial score (nSPS) is 12.4. The number of benzene rings is 1. The SMILES string of the molecule is CCCc1noc(CCC(=O)NC[C@H](c2ccc(C)cc2)N(C)C)n1. The van der Waals surface area contributed by atoms with Gasteiger partial charge in [0.1, 0.15) is 0 Å². The first kappa shape index (κ1) is 19.1. The predicted octanol–water partition coefficient (Wildman–Crippen LogP) is 2.68. The number of hydrogen-bond donors (Lipinski definition) is 1. The molecule has 25 heavy (non-hydrogen) atoms. The van der Waals surface area contributed by atoms with Crippen molar-refractivity contribution in [2.75, 3.05) is 20.6 Å². The maximum Gasteiger partial charge on any atom is 0.227 e. The van der Waals surface area contributed by atoms with Crippen molar-refractivity contribution in [3.63, 3.8) is 0 Å². The summed E-state index contributed by atoms with van der Waals surface area (Å²) in [7, 11) is 4.04. The van der Waals surface area contributed by atoms with E-state index in [1.807, 2.05) is 14.1 Å². The van der Waals surface area contributed by atoms with Crippen LogP contribution in [0.5, 0.6) is 0 Å². The quantitative estimate of drug-likeness (QED) is 0.757. The van der Waals surface area contributed by atoms with Gasteiger partial charge in [-0.25, -0.2) is 0 Å². The number of nitrogens with one attached hydrogen (secondary N) is 1. The molecular formula is C19H28N4O2. The van der Waals surface area contributed by atoms with E-state index in [2.05, 4.69) is 58.5 Å². The van der Waals surface area contributed by atoms with Gasteiger partial charge in [0.05, 0.1) is 6.04 Å². The van der Waals surface area contributed by atoms with Gasteiger partial charge in [-0.1, -0.05) is 41.9 Å². The Morgan fingerprint density at radius 2 is 1.96 bits per heavy atom. The van der Waals surface area contributed by atoms with Crippen LogP contribution in [0, 0.1) is 6.92 Å². The van der Waals surface area contributed by atoms with Crippen molar-refractivity contribution in [1.29, 1.82) is 0 Å². The fourth-order valence-corrected chi connectivity index (χ4v) is 2.62. The summed E-state index contributed by atoms with van der Waals surface area (Å²) in [6.07, 6.45) is 2.60. The minimum Gasteiger partial charge on any atom is -0.354 e. The number of nitrogens with zero attached hydrogens (tertiary/aromatic N) is 3. The fraction of sp³-hybridized carbons (Fsp3) is 0.526. The van der Waals surface area contributed by atoms with Gasteiger partial charge in [0.15, 0.2) is 5.82 Å². The average molecular weight is 344 g/mol. The molecule has 1 aromatic heterocycles. The smallest absolute Gasteiger partial charge is 0.227 e. The number of rotatable bonds is 9. The molecule has 0 bridgehead atoms. The summed E-state index contributed by atoms with van der Waals surface area (Å²) in [6, 6.07) is 8.55. The maximum absolute atomic E-state index is 12.1. The van der Waals surface area contributed by atoms with Gasteiger partial charge < -0.3 is 14.7 Å². The summed E-state index contributed by atoms with van der Waals surface area (Å²) < 4.78 is 5.16. The molecular weight excluding hydrogens is 316 g/mol. The molecule has 0 spiro atoms. The second-order valence-electron chi connectivity index (χ2n) is 6.55. The van der Waals surface area contributed by atoms with Crippen LogP contribution in [0.15, 0.2) is 28.8 Å². The van der Waals surface area contributed by atoms with Gasteiger partial charge >= 0.3 is 0 Å². The Balaban J connectivity index is 1.83. The zero-order chi connectivity index (χ0) is 18.2. The topological polar surface area (TPSA) is 71.3 Å². The van der Waals surface area contributed by atoms with Crippen LogP contribution in [-0.2, 0) is 17.6 Å². The van der Waals surface area contributed by atoms with Crippen molar-refractivity contribution in [2.45, 2.75) is 45.6 Å². The van der Waals surface area contributed by atoms with Gasteiger partial charge in [-0.3, -0.25) is 4.79 Å². The van der Waals surface area contributed by atoms with Gasteiger partial charge in [-0.05, 0) is 33.0 Å². The van der Waals surface area contributed by atoms with Gasteiger partial charge in [0, 0.05) is 25.8 Å². The molecule has 6 nitrogen and oxygen atoms in total. The summed E-state index contributed by atoms with van der Waals surface area (Å²) in [6.45, 7) is 4.71. The van der Waals surface area contributed by atoms with E-state index >= 15 is 0 Å². The van der Waals surface area contributed by atoms with Crippen molar-refractivity contribution in [1.82, 2.24) is 20.4 Å². The zero-order valence-electron chi connectivity index (χ0n) is 15.6. The van der Waals surface area contributed by atoms with Crippen LogP contribution in [0.4, 0.5) is 0 Å². The van der Waals surface area contributed by atoms with Crippen LogP contribution in [0.3, 0.4) is 0 Å². The van der Waals surface area contributed by atoms with Crippen LogP contribution < -0.4 is 5.32 Å². The monoisotopic (exact) mass is 344 g/mol. The molecule has 0 unspecified atom stereocenters. The number of carbonyl (C=O) groups excluding carboxylic acids is 1. The molecule has 0 radical (unpaired) electrons. The van der Waals surface area contributed by atoms with E-state index in [1.165, 1.54) is 11.1 Å². The van der Waals surface area contributed by atoms with Crippen LogP contribution in [0.1, 0.15) is 48.6 Å². The van der Waals surface area contributed by atoms with E-state index in [-0.39, 0.29) is 11.9 Å². The highest BCUT2D eigenvalue weighted by Crippen LogP contribution is 2.18. The Bertz CT molecular complexity index is 664. The largest absolute Gasteiger partial charge is 0.354 e. The maximum atomic E-state index is 12.1. The van der Waals surface area contributed by atoms with Gasteiger partial charge in [-0.15, -0.1) is 0 Å². The van der Waals surface area contributed by atoms with Gasteiger partial charge in [0.25, 0.3) is 0 Å². The highest BCUT2D eigenvalue weighted by Gasteiger charge is 2.16. The number of carbonyl (C=O) groups is 1. The van der Waals surface area contributed by atoms with Crippen LogP contribution in [0.2, 0.25) is 0 Å². The van der Waals surface area contributed by atoms with Crippen LogP contribution in [0.25, 0.3) is 0 Å². The summed E-state index contributed by atoms with van der Waals surface area (Å²) in [5.74, 6) is 1.24. The van der Waals surface area contributed by atoms with Gasteiger partial charge in [-0.2, -0.15) is 4.98 Å². The number of hydrogen-bond acceptors (Lipinski definition) is 5. The lowest BCUT2D eigenvalue weighted by Crippen LogP contribution is -2.34. The Kier molecular flexibility index (Phi) is 7.13. The molecule has 1 amide bonds. The van der Waals surface area contributed by atoms with Crippen molar-refractivity contribution in [2.24, 2.45) is 0 Å². The minimum atomic E-state index is -0.00537. The van der Waals surface area contributed by atoms with Gasteiger partial charge in [0.2, 0.25) is 11.8 Å². The Hall–Kier alpha value is -2.21. The summed E-state index contributed by atoms with van der Waals surface area (Å²) in [4.78, 5) is 18.5. The molecule has 0 fully saturated rings. The second-order valence-corrected chi connectivity index (χ2v) is 6.55. The van der Waals surface area contributed by atoms with E-state index in [0.29, 0.717) is 31.1 Å². The number of amides is 1. The number of likely N-dealkylation sites (N-methyl/N-ethyl adjacent to an activating group) is 1. The third-order valence-corrected chi connectivity index (χ3v) is 4.13. The molecule has 0 aliphatic heterocycles. The number of aromatic nitrogens is 2. The molecule has 136 valence electrons. The lowest BCUT2D eigenvalue weighted by atomic mass is 10.0. The van der Waals surface area contributed by atoms with Crippen molar-refractivity contribution < 1.29 is 9.32 Å². The first-order valence-electron chi connectivity index (χ1n) is 8.80. The zero-order valence-corrected chi connectivity index (χ0v) is 15.6. The fourth-order valence-electron chi connectivity index (χ4n) is 2.62. The molecule has 0 aliphatic carbocycles. The van der Waals surface area contributed by atoms with Crippen LogP contribution in [-0.4, -0.2) is 41.6 Å². The lowest BCUT2D eigenvalue weighted by Gasteiger charge is -2.25. The molecule has 6 heteroatoms. The standard InChI is InChI=1S/C19H28N4O2/c1-5-6-17-21-19(25-22-17)12-11-18(24)20-13-16(23(3)4)15-9-7-14(2)8-10-15/h7-10,16H,5-6,11-13H2,1-4H3,(H,20,24)/t16-/m1/s1. The van der Waals surface area contributed by atoms with E-state index in [1.54, 1.807) is 0 Å². The van der Waals surface area contributed by atoms with Crippen LogP contribution >= 0.6 is 0 Å². The van der Waals surface area contributed by atoms with E-state index in [4.69, 9.17) is 4.52 Å². The summed E-state index contributed by atoms with van der Waals surface area (Å²) in [5, 5.41) is 6.91. The summed E-state index contributed by atoms with van der Waals surface area (Å²) in [5.41, 5.74) is 2.42. The average Bonchev–Trinajstić information content (AvgIpc) is 3.02. The molecule has 1 heterocycles. The molecule has 1 N–H and O–H groups in total. The molecule has 1 atom stereocenters. The predicted molar refractivity (Wildman–Crippen MR) is 97.2 cm³/mol. The van der Waals surface area contributed by atoms with Crippen molar-refractivity contribution in [3.05, 3.63) is 47.1 Å². The third-order valence-electron chi connectivity index (χ3n) is 4.13. The van der Waals surface area contributed by atoms with E-state index < -0.39 is 0 Å². The minimum absolute atomic E-state index is 0.00537. The molecule has 0 saturated carbocycles. The molecule has 0 aliphatic rings.